The number of aromatic nitrogens is 2. The molecule has 0 aromatic carbocycles. The Bertz CT molecular complexity index is 313. The molecule has 5 heteroatoms. The Morgan fingerprint density at radius 1 is 1.31 bits per heavy atom. The fourth-order valence-electron chi connectivity index (χ4n) is 1.13. The first kappa shape index (κ1) is 12.6. The van der Waals surface area contributed by atoms with Crippen LogP contribution in [0.1, 0.15) is 19.4 Å². The van der Waals surface area contributed by atoms with E-state index in [0.717, 1.165) is 18.7 Å². The third-order valence-electron chi connectivity index (χ3n) is 2.07. The number of hydrogen-bond acceptors (Lipinski definition) is 4. The van der Waals surface area contributed by atoms with Gasteiger partial charge in [-0.05, 0) is 0 Å². The van der Waals surface area contributed by atoms with Gasteiger partial charge >= 0.3 is 0 Å². The van der Waals surface area contributed by atoms with Crippen molar-refractivity contribution in [3.63, 3.8) is 0 Å². The second kappa shape index (κ2) is 6.90. The zero-order valence-corrected chi connectivity index (χ0v) is 9.73. The molecule has 88 valence electrons. The summed E-state index contributed by atoms with van der Waals surface area (Å²) in [5.74, 6) is 0.132. The number of nitrogens with one attached hydrogen (secondary N) is 2. The van der Waals surface area contributed by atoms with E-state index in [-0.39, 0.29) is 11.8 Å². The van der Waals surface area contributed by atoms with Crippen molar-refractivity contribution in [2.45, 2.75) is 20.4 Å². The molecule has 0 aliphatic heterocycles. The summed E-state index contributed by atoms with van der Waals surface area (Å²) < 4.78 is 0. The van der Waals surface area contributed by atoms with Crippen LogP contribution in [-0.4, -0.2) is 29.0 Å². The van der Waals surface area contributed by atoms with Gasteiger partial charge in [-0.15, -0.1) is 0 Å². The highest BCUT2D eigenvalue weighted by atomic mass is 16.1. The second-order valence-electron chi connectivity index (χ2n) is 3.87. The first-order chi connectivity index (χ1) is 7.70. The van der Waals surface area contributed by atoms with E-state index >= 15 is 0 Å². The van der Waals surface area contributed by atoms with E-state index in [9.17, 15) is 4.79 Å². The van der Waals surface area contributed by atoms with Gasteiger partial charge in [0.15, 0.2) is 0 Å². The minimum absolute atomic E-state index is 0.0440. The molecule has 5 nitrogen and oxygen atoms in total. The van der Waals surface area contributed by atoms with Gasteiger partial charge in [0.25, 0.3) is 0 Å². The van der Waals surface area contributed by atoms with Crippen molar-refractivity contribution >= 4 is 5.91 Å². The fourth-order valence-corrected chi connectivity index (χ4v) is 1.13. The lowest BCUT2D eigenvalue weighted by Gasteiger charge is -2.08. The van der Waals surface area contributed by atoms with Crippen LogP contribution in [-0.2, 0) is 11.3 Å². The Morgan fingerprint density at radius 2 is 2.00 bits per heavy atom. The molecule has 0 saturated heterocycles. The number of carbonyl (C=O) groups is 1. The van der Waals surface area contributed by atoms with Crippen molar-refractivity contribution in [2.75, 3.05) is 13.1 Å². The van der Waals surface area contributed by atoms with Gasteiger partial charge in [0.1, 0.15) is 6.33 Å². The maximum atomic E-state index is 11.2. The molecule has 0 atom stereocenters. The van der Waals surface area contributed by atoms with E-state index in [4.69, 9.17) is 0 Å². The molecular weight excluding hydrogens is 204 g/mol. The van der Waals surface area contributed by atoms with Crippen LogP contribution in [0.25, 0.3) is 0 Å². The Labute approximate surface area is 95.7 Å². The third kappa shape index (κ3) is 4.84. The Morgan fingerprint density at radius 3 is 2.62 bits per heavy atom. The zero-order valence-electron chi connectivity index (χ0n) is 9.73. The van der Waals surface area contributed by atoms with Crippen molar-refractivity contribution < 1.29 is 4.79 Å². The molecule has 0 fully saturated rings. The summed E-state index contributed by atoms with van der Waals surface area (Å²) >= 11 is 0. The van der Waals surface area contributed by atoms with Crippen LogP contribution >= 0.6 is 0 Å². The van der Waals surface area contributed by atoms with Gasteiger partial charge in [-0.3, -0.25) is 4.79 Å². The number of nitrogens with zero attached hydrogens (tertiary/aromatic N) is 2. The van der Waals surface area contributed by atoms with E-state index in [1.807, 2.05) is 13.8 Å². The first-order valence-corrected chi connectivity index (χ1v) is 5.42. The monoisotopic (exact) mass is 222 g/mol. The SMILES string of the molecule is CC(C)C(=O)NCCNCc1cncnc1. The first-order valence-electron chi connectivity index (χ1n) is 5.42. The molecule has 0 radical (unpaired) electrons. The highest BCUT2D eigenvalue weighted by Crippen LogP contribution is 1.91. The lowest BCUT2D eigenvalue weighted by atomic mass is 10.2. The largest absolute Gasteiger partial charge is 0.355 e. The Balaban J connectivity index is 2.07. The molecule has 0 unspecified atom stereocenters. The minimum atomic E-state index is 0.0440. The predicted molar refractivity (Wildman–Crippen MR) is 61.6 cm³/mol. The quantitative estimate of drug-likeness (QED) is 0.681. The van der Waals surface area contributed by atoms with E-state index in [1.165, 1.54) is 6.33 Å². The van der Waals surface area contributed by atoms with Crippen molar-refractivity contribution in [3.05, 3.63) is 24.3 Å². The van der Waals surface area contributed by atoms with Crippen LogP contribution in [0.2, 0.25) is 0 Å². The lowest BCUT2D eigenvalue weighted by molar-refractivity contribution is -0.123. The molecule has 0 saturated carbocycles. The van der Waals surface area contributed by atoms with Gasteiger partial charge < -0.3 is 10.6 Å². The summed E-state index contributed by atoms with van der Waals surface area (Å²) in [5, 5.41) is 6.04. The molecule has 0 bridgehead atoms. The summed E-state index contributed by atoms with van der Waals surface area (Å²) in [7, 11) is 0. The number of rotatable bonds is 6. The summed E-state index contributed by atoms with van der Waals surface area (Å²) in [6, 6.07) is 0. The summed E-state index contributed by atoms with van der Waals surface area (Å²) in [6.07, 6.45) is 5.05. The molecule has 1 aromatic heterocycles. The average molecular weight is 222 g/mol. The summed E-state index contributed by atoms with van der Waals surface area (Å²) in [5.41, 5.74) is 1.04. The molecule has 2 N–H and O–H groups in total. The molecule has 1 aromatic rings. The second-order valence-corrected chi connectivity index (χ2v) is 3.87. The van der Waals surface area contributed by atoms with Crippen molar-refractivity contribution in [1.29, 1.82) is 0 Å². The minimum Gasteiger partial charge on any atom is -0.355 e. The van der Waals surface area contributed by atoms with E-state index in [1.54, 1.807) is 12.4 Å². The smallest absolute Gasteiger partial charge is 0.222 e. The molecule has 0 aliphatic rings. The maximum Gasteiger partial charge on any atom is 0.222 e. The average Bonchev–Trinajstić information content (AvgIpc) is 2.29. The van der Waals surface area contributed by atoms with Crippen molar-refractivity contribution in [2.24, 2.45) is 5.92 Å². The third-order valence-corrected chi connectivity index (χ3v) is 2.07. The number of hydrogen-bond donors (Lipinski definition) is 2. The molecular formula is C11H18N4O. The van der Waals surface area contributed by atoms with Crippen LogP contribution in [0, 0.1) is 5.92 Å². The zero-order chi connectivity index (χ0) is 11.8. The molecule has 1 amide bonds. The lowest BCUT2D eigenvalue weighted by Crippen LogP contribution is -2.34. The number of carbonyl (C=O) groups excluding carboxylic acids is 1. The van der Waals surface area contributed by atoms with E-state index < -0.39 is 0 Å². The topological polar surface area (TPSA) is 66.9 Å². The van der Waals surface area contributed by atoms with Crippen LogP contribution in [0.3, 0.4) is 0 Å². The van der Waals surface area contributed by atoms with Gasteiger partial charge in [0.05, 0.1) is 0 Å². The van der Waals surface area contributed by atoms with Gasteiger partial charge in [0, 0.05) is 43.5 Å². The van der Waals surface area contributed by atoms with Crippen LogP contribution in [0.4, 0.5) is 0 Å². The molecule has 0 aliphatic carbocycles. The highest BCUT2D eigenvalue weighted by Gasteiger charge is 2.04. The van der Waals surface area contributed by atoms with Crippen LogP contribution < -0.4 is 10.6 Å². The van der Waals surface area contributed by atoms with E-state index in [2.05, 4.69) is 20.6 Å². The van der Waals surface area contributed by atoms with Crippen molar-refractivity contribution in [1.82, 2.24) is 20.6 Å². The Kier molecular flexibility index (Phi) is 5.42. The summed E-state index contributed by atoms with van der Waals surface area (Å²) in [4.78, 5) is 19.0. The normalized spacial score (nSPS) is 10.4. The predicted octanol–water partition coefficient (Wildman–Crippen LogP) is 0.338. The fraction of sp³-hybridized carbons (Fsp3) is 0.545. The highest BCUT2D eigenvalue weighted by molar-refractivity contribution is 5.77. The molecule has 16 heavy (non-hydrogen) atoms. The molecule has 1 heterocycles. The van der Waals surface area contributed by atoms with Gasteiger partial charge in [-0.1, -0.05) is 13.8 Å². The van der Waals surface area contributed by atoms with Gasteiger partial charge in [0.2, 0.25) is 5.91 Å². The molecule has 1 rings (SSSR count). The Hall–Kier alpha value is -1.49. The maximum absolute atomic E-state index is 11.2. The van der Waals surface area contributed by atoms with Crippen LogP contribution in [0.5, 0.6) is 0 Å². The van der Waals surface area contributed by atoms with Crippen molar-refractivity contribution in [3.8, 4) is 0 Å². The van der Waals surface area contributed by atoms with Crippen LogP contribution in [0.15, 0.2) is 18.7 Å². The standard InChI is InChI=1S/C11H18N4O/c1-9(2)11(16)15-4-3-12-5-10-6-13-8-14-7-10/h6-9,12H,3-5H2,1-2H3,(H,15,16). The van der Waals surface area contributed by atoms with E-state index in [0.29, 0.717) is 6.54 Å². The van der Waals surface area contributed by atoms with Gasteiger partial charge in [-0.2, -0.15) is 0 Å². The summed E-state index contributed by atoms with van der Waals surface area (Å²) in [6.45, 7) is 5.87. The number of amides is 1. The molecule has 0 spiro atoms. The van der Waals surface area contributed by atoms with Gasteiger partial charge in [-0.25, -0.2) is 9.97 Å².